The smallest absolute Gasteiger partial charge is 0.302 e. The molecule has 5 nitrogen and oxygen atoms in total. The standard InChI is InChI=1S/C14H25FN2O3S/c1-2-16-6-3-12(4-7-16)5-8-17-10-13(9-14(17)18)11-21(15,19)20/h12-13H,2-11H2,1H3. The maximum Gasteiger partial charge on any atom is 0.302 e. The third-order valence-electron chi connectivity index (χ3n) is 4.69. The number of carbonyl (C=O) groups excluding carboxylic acids is 1. The third kappa shape index (κ3) is 5.21. The average Bonchev–Trinajstić information content (AvgIpc) is 2.74. The summed E-state index contributed by atoms with van der Waals surface area (Å²) in [6.07, 6.45) is 3.46. The van der Waals surface area contributed by atoms with Crippen LogP contribution in [0.1, 0.15) is 32.6 Å². The van der Waals surface area contributed by atoms with Crippen LogP contribution in [0.15, 0.2) is 0 Å². The zero-order chi connectivity index (χ0) is 15.5. The fraction of sp³-hybridized carbons (Fsp3) is 0.929. The van der Waals surface area contributed by atoms with Gasteiger partial charge in [0, 0.05) is 25.4 Å². The molecule has 2 aliphatic rings. The number of halogens is 1. The van der Waals surface area contributed by atoms with Crippen molar-refractivity contribution in [2.75, 3.05) is 38.5 Å². The Labute approximate surface area is 126 Å². The molecular weight excluding hydrogens is 295 g/mol. The van der Waals surface area contributed by atoms with Crippen molar-refractivity contribution in [3.63, 3.8) is 0 Å². The van der Waals surface area contributed by atoms with Gasteiger partial charge in [-0.15, -0.1) is 3.89 Å². The van der Waals surface area contributed by atoms with Gasteiger partial charge < -0.3 is 9.80 Å². The van der Waals surface area contributed by atoms with Gasteiger partial charge >= 0.3 is 10.2 Å². The number of hydrogen-bond acceptors (Lipinski definition) is 4. The summed E-state index contributed by atoms with van der Waals surface area (Å²) in [5, 5.41) is 0. The molecule has 2 saturated heterocycles. The van der Waals surface area contributed by atoms with Crippen LogP contribution in [0.4, 0.5) is 3.89 Å². The lowest BCUT2D eigenvalue weighted by Gasteiger charge is -2.31. The van der Waals surface area contributed by atoms with Crippen molar-refractivity contribution in [1.82, 2.24) is 9.80 Å². The van der Waals surface area contributed by atoms with Crippen LogP contribution in [0.3, 0.4) is 0 Å². The molecule has 2 aliphatic heterocycles. The van der Waals surface area contributed by atoms with Crippen LogP contribution < -0.4 is 0 Å². The summed E-state index contributed by atoms with van der Waals surface area (Å²) in [4.78, 5) is 16.0. The second-order valence-electron chi connectivity index (χ2n) is 6.28. The maximum atomic E-state index is 12.7. The first-order valence-electron chi connectivity index (χ1n) is 7.80. The fourth-order valence-corrected chi connectivity index (χ4v) is 4.18. The summed E-state index contributed by atoms with van der Waals surface area (Å²) in [5.74, 6) is -0.293. The van der Waals surface area contributed by atoms with Crippen molar-refractivity contribution in [2.24, 2.45) is 11.8 Å². The average molecular weight is 320 g/mol. The minimum absolute atomic E-state index is 0.0327. The van der Waals surface area contributed by atoms with Gasteiger partial charge in [0.2, 0.25) is 5.91 Å². The topological polar surface area (TPSA) is 57.7 Å². The van der Waals surface area contributed by atoms with Gasteiger partial charge in [0.1, 0.15) is 0 Å². The van der Waals surface area contributed by atoms with Crippen LogP contribution in [0.2, 0.25) is 0 Å². The molecule has 0 aromatic rings. The number of nitrogens with zero attached hydrogens (tertiary/aromatic N) is 2. The number of likely N-dealkylation sites (tertiary alicyclic amines) is 2. The van der Waals surface area contributed by atoms with E-state index in [2.05, 4.69) is 11.8 Å². The Morgan fingerprint density at radius 2 is 1.90 bits per heavy atom. The van der Waals surface area contributed by atoms with Crippen molar-refractivity contribution >= 4 is 16.1 Å². The van der Waals surface area contributed by atoms with E-state index in [4.69, 9.17) is 0 Å². The van der Waals surface area contributed by atoms with E-state index in [0.29, 0.717) is 19.0 Å². The van der Waals surface area contributed by atoms with Crippen molar-refractivity contribution in [2.45, 2.75) is 32.6 Å². The Hall–Kier alpha value is -0.690. The highest BCUT2D eigenvalue weighted by Crippen LogP contribution is 2.24. The van der Waals surface area contributed by atoms with Gasteiger partial charge in [-0.05, 0) is 44.8 Å². The molecule has 0 N–H and O–H groups in total. The molecule has 0 spiro atoms. The highest BCUT2D eigenvalue weighted by atomic mass is 32.3. The summed E-state index contributed by atoms with van der Waals surface area (Å²) >= 11 is 0. The van der Waals surface area contributed by atoms with Gasteiger partial charge in [0.25, 0.3) is 0 Å². The van der Waals surface area contributed by atoms with E-state index in [-0.39, 0.29) is 18.2 Å². The van der Waals surface area contributed by atoms with Crippen LogP contribution in [0.5, 0.6) is 0 Å². The lowest BCUT2D eigenvalue weighted by atomic mass is 9.93. The van der Waals surface area contributed by atoms with Crippen LogP contribution >= 0.6 is 0 Å². The minimum atomic E-state index is -4.48. The molecule has 2 rings (SSSR count). The molecule has 0 bridgehead atoms. The van der Waals surface area contributed by atoms with E-state index in [9.17, 15) is 17.1 Å². The van der Waals surface area contributed by atoms with E-state index in [1.165, 1.54) is 0 Å². The molecule has 1 atom stereocenters. The molecule has 0 aromatic carbocycles. The normalized spacial score (nSPS) is 25.7. The monoisotopic (exact) mass is 320 g/mol. The molecule has 21 heavy (non-hydrogen) atoms. The molecule has 7 heteroatoms. The zero-order valence-corrected chi connectivity index (χ0v) is 13.4. The summed E-state index contributed by atoms with van der Waals surface area (Å²) in [6, 6.07) is 0. The van der Waals surface area contributed by atoms with Gasteiger partial charge in [0.15, 0.2) is 0 Å². The lowest BCUT2D eigenvalue weighted by Crippen LogP contribution is -2.35. The molecular formula is C14H25FN2O3S. The second-order valence-corrected chi connectivity index (χ2v) is 7.69. The first-order chi connectivity index (χ1) is 9.87. The van der Waals surface area contributed by atoms with Crippen LogP contribution in [0, 0.1) is 11.8 Å². The Kier molecular flexibility index (Phi) is 5.60. The number of carbonyl (C=O) groups is 1. The molecule has 0 saturated carbocycles. The fourth-order valence-electron chi connectivity index (χ4n) is 3.39. The molecule has 0 aliphatic carbocycles. The Morgan fingerprint density at radius 3 is 2.48 bits per heavy atom. The summed E-state index contributed by atoms with van der Waals surface area (Å²) in [7, 11) is -4.48. The second kappa shape index (κ2) is 7.05. The van der Waals surface area contributed by atoms with Crippen molar-refractivity contribution in [1.29, 1.82) is 0 Å². The highest BCUT2D eigenvalue weighted by Gasteiger charge is 2.33. The van der Waals surface area contributed by atoms with E-state index < -0.39 is 16.0 Å². The number of amides is 1. The highest BCUT2D eigenvalue weighted by molar-refractivity contribution is 7.86. The molecule has 1 amide bonds. The van der Waals surface area contributed by atoms with Gasteiger partial charge in [-0.3, -0.25) is 4.79 Å². The first-order valence-corrected chi connectivity index (χ1v) is 9.35. The zero-order valence-electron chi connectivity index (χ0n) is 12.6. The van der Waals surface area contributed by atoms with Crippen LogP contribution in [-0.4, -0.2) is 62.6 Å². The Balaban J connectivity index is 1.73. The van der Waals surface area contributed by atoms with Gasteiger partial charge in [-0.2, -0.15) is 8.42 Å². The quantitative estimate of drug-likeness (QED) is 0.691. The van der Waals surface area contributed by atoms with Crippen molar-refractivity contribution in [3.05, 3.63) is 0 Å². The SMILES string of the molecule is CCN1CCC(CCN2CC(CS(=O)(=O)F)CC2=O)CC1. The molecule has 122 valence electrons. The van der Waals surface area contributed by atoms with Crippen LogP contribution in [-0.2, 0) is 15.0 Å². The molecule has 0 aromatic heterocycles. The third-order valence-corrected chi connectivity index (χ3v) is 5.56. The van der Waals surface area contributed by atoms with Gasteiger partial charge in [-0.1, -0.05) is 6.92 Å². The summed E-state index contributed by atoms with van der Waals surface area (Å²) < 4.78 is 34.0. The number of hydrogen-bond donors (Lipinski definition) is 0. The van der Waals surface area contributed by atoms with E-state index in [1.54, 1.807) is 4.90 Å². The van der Waals surface area contributed by atoms with Gasteiger partial charge in [0.05, 0.1) is 5.75 Å². The van der Waals surface area contributed by atoms with E-state index in [1.807, 2.05) is 0 Å². The minimum Gasteiger partial charge on any atom is -0.342 e. The van der Waals surface area contributed by atoms with Crippen molar-refractivity contribution < 1.29 is 17.1 Å². The van der Waals surface area contributed by atoms with E-state index >= 15 is 0 Å². The van der Waals surface area contributed by atoms with E-state index in [0.717, 1.165) is 38.9 Å². The Morgan fingerprint density at radius 1 is 1.24 bits per heavy atom. The summed E-state index contributed by atoms with van der Waals surface area (Å²) in [5.41, 5.74) is 0. The molecule has 2 heterocycles. The molecule has 2 fully saturated rings. The Bertz CT molecular complexity index is 461. The number of rotatable bonds is 6. The lowest BCUT2D eigenvalue weighted by molar-refractivity contribution is -0.127. The largest absolute Gasteiger partial charge is 0.342 e. The van der Waals surface area contributed by atoms with Gasteiger partial charge in [-0.25, -0.2) is 0 Å². The summed E-state index contributed by atoms with van der Waals surface area (Å²) in [6.45, 7) is 6.57. The molecule has 1 unspecified atom stereocenters. The predicted molar refractivity (Wildman–Crippen MR) is 79.0 cm³/mol. The van der Waals surface area contributed by atoms with Crippen LogP contribution in [0.25, 0.3) is 0 Å². The number of piperidine rings is 1. The first kappa shape index (κ1) is 16.7. The predicted octanol–water partition coefficient (Wildman–Crippen LogP) is 1.26. The molecule has 0 radical (unpaired) electrons. The van der Waals surface area contributed by atoms with Crippen molar-refractivity contribution in [3.8, 4) is 0 Å². The maximum absolute atomic E-state index is 12.7.